The number of aliphatic hydroxyl groups excluding tert-OH is 1. The number of aromatic nitrogens is 3. The minimum Gasteiger partial charge on any atom is -0.390 e. The van der Waals surface area contributed by atoms with Crippen LogP contribution in [0.15, 0.2) is 30.5 Å². The Labute approximate surface area is 81.8 Å². The van der Waals surface area contributed by atoms with Gasteiger partial charge in [0.25, 0.3) is 0 Å². The van der Waals surface area contributed by atoms with Crippen molar-refractivity contribution in [3.63, 3.8) is 0 Å². The Bertz CT molecular complexity index is 436. The first-order valence-electron chi connectivity index (χ1n) is 4.39. The van der Waals surface area contributed by atoms with E-state index >= 15 is 0 Å². The summed E-state index contributed by atoms with van der Waals surface area (Å²) < 4.78 is 1.63. The molecule has 4 nitrogen and oxygen atoms in total. The first-order valence-corrected chi connectivity index (χ1v) is 4.39. The SMILES string of the molecule is Cc1cccc(-n2nncc2CO)c1. The molecule has 72 valence electrons. The summed E-state index contributed by atoms with van der Waals surface area (Å²) in [7, 11) is 0. The second kappa shape index (κ2) is 3.59. The summed E-state index contributed by atoms with van der Waals surface area (Å²) in [5.74, 6) is 0. The zero-order valence-electron chi connectivity index (χ0n) is 7.88. The van der Waals surface area contributed by atoms with Gasteiger partial charge in [-0.3, -0.25) is 0 Å². The van der Waals surface area contributed by atoms with Gasteiger partial charge in [-0.05, 0) is 24.6 Å². The molecule has 1 heterocycles. The fourth-order valence-corrected chi connectivity index (χ4v) is 1.34. The van der Waals surface area contributed by atoms with Crippen LogP contribution in [0.1, 0.15) is 11.3 Å². The fourth-order valence-electron chi connectivity index (χ4n) is 1.34. The standard InChI is InChI=1S/C10H11N3O/c1-8-3-2-4-9(5-8)13-10(7-14)6-11-12-13/h2-6,14H,7H2,1H3. The molecule has 0 fully saturated rings. The van der Waals surface area contributed by atoms with Crippen LogP contribution in [-0.4, -0.2) is 20.1 Å². The smallest absolute Gasteiger partial charge is 0.0900 e. The fraction of sp³-hybridized carbons (Fsp3) is 0.200. The molecule has 14 heavy (non-hydrogen) atoms. The summed E-state index contributed by atoms with van der Waals surface area (Å²) in [6.07, 6.45) is 1.56. The molecule has 0 spiro atoms. The van der Waals surface area contributed by atoms with Gasteiger partial charge in [0, 0.05) is 0 Å². The highest BCUT2D eigenvalue weighted by molar-refractivity contribution is 5.35. The van der Waals surface area contributed by atoms with Crippen molar-refractivity contribution in [2.75, 3.05) is 0 Å². The summed E-state index contributed by atoms with van der Waals surface area (Å²) >= 11 is 0. The van der Waals surface area contributed by atoms with Crippen LogP contribution in [0.4, 0.5) is 0 Å². The van der Waals surface area contributed by atoms with E-state index in [0.29, 0.717) is 5.69 Å². The van der Waals surface area contributed by atoms with E-state index in [2.05, 4.69) is 10.3 Å². The third-order valence-electron chi connectivity index (χ3n) is 2.03. The van der Waals surface area contributed by atoms with Gasteiger partial charge in [-0.2, -0.15) is 0 Å². The van der Waals surface area contributed by atoms with Gasteiger partial charge in [0.15, 0.2) is 0 Å². The normalized spacial score (nSPS) is 10.4. The lowest BCUT2D eigenvalue weighted by Gasteiger charge is -2.04. The van der Waals surface area contributed by atoms with Crippen LogP contribution in [0.5, 0.6) is 0 Å². The molecular weight excluding hydrogens is 178 g/mol. The van der Waals surface area contributed by atoms with Crippen molar-refractivity contribution in [3.05, 3.63) is 41.7 Å². The average Bonchev–Trinajstić information content (AvgIpc) is 2.65. The molecule has 0 unspecified atom stereocenters. The predicted octanol–water partition coefficient (Wildman–Crippen LogP) is 1.07. The van der Waals surface area contributed by atoms with E-state index in [9.17, 15) is 0 Å². The molecule has 1 N–H and O–H groups in total. The van der Waals surface area contributed by atoms with E-state index in [-0.39, 0.29) is 6.61 Å². The molecule has 0 aliphatic carbocycles. The maximum atomic E-state index is 9.04. The molecule has 4 heteroatoms. The maximum absolute atomic E-state index is 9.04. The van der Waals surface area contributed by atoms with Crippen LogP contribution in [0.2, 0.25) is 0 Å². The third-order valence-corrected chi connectivity index (χ3v) is 2.03. The second-order valence-corrected chi connectivity index (χ2v) is 3.13. The van der Waals surface area contributed by atoms with Crippen molar-refractivity contribution in [2.45, 2.75) is 13.5 Å². The number of rotatable bonds is 2. The monoisotopic (exact) mass is 189 g/mol. The van der Waals surface area contributed by atoms with Crippen molar-refractivity contribution in [2.24, 2.45) is 0 Å². The summed E-state index contributed by atoms with van der Waals surface area (Å²) in [5.41, 5.74) is 2.77. The lowest BCUT2D eigenvalue weighted by Crippen LogP contribution is -2.02. The van der Waals surface area contributed by atoms with Crippen LogP contribution in [0.25, 0.3) is 5.69 Å². The first-order chi connectivity index (χ1) is 6.81. The van der Waals surface area contributed by atoms with E-state index in [1.165, 1.54) is 0 Å². The van der Waals surface area contributed by atoms with Gasteiger partial charge in [-0.25, -0.2) is 4.68 Å². The molecule has 0 bridgehead atoms. The van der Waals surface area contributed by atoms with Gasteiger partial charge in [-0.15, -0.1) is 5.10 Å². The molecule has 0 aliphatic rings. The molecule has 2 rings (SSSR count). The predicted molar refractivity (Wildman–Crippen MR) is 52.0 cm³/mol. The molecule has 0 saturated carbocycles. The largest absolute Gasteiger partial charge is 0.390 e. The van der Waals surface area contributed by atoms with Gasteiger partial charge in [-0.1, -0.05) is 17.3 Å². The average molecular weight is 189 g/mol. The Balaban J connectivity index is 2.49. The zero-order valence-corrected chi connectivity index (χ0v) is 7.88. The van der Waals surface area contributed by atoms with Gasteiger partial charge >= 0.3 is 0 Å². The maximum Gasteiger partial charge on any atom is 0.0900 e. The lowest BCUT2D eigenvalue weighted by molar-refractivity contribution is 0.273. The minimum atomic E-state index is -0.0546. The van der Waals surface area contributed by atoms with Crippen LogP contribution in [0, 0.1) is 6.92 Å². The Hall–Kier alpha value is -1.68. The van der Waals surface area contributed by atoms with Crippen LogP contribution >= 0.6 is 0 Å². The highest BCUT2D eigenvalue weighted by Gasteiger charge is 2.04. The van der Waals surface area contributed by atoms with E-state index < -0.39 is 0 Å². The Morgan fingerprint density at radius 2 is 2.29 bits per heavy atom. The first kappa shape index (κ1) is 8.90. The van der Waals surface area contributed by atoms with Crippen molar-refractivity contribution < 1.29 is 5.11 Å². The minimum absolute atomic E-state index is 0.0546. The van der Waals surface area contributed by atoms with Gasteiger partial charge in [0.05, 0.1) is 24.2 Å². The van der Waals surface area contributed by atoms with Crippen LogP contribution in [-0.2, 0) is 6.61 Å². The molecule has 0 amide bonds. The second-order valence-electron chi connectivity index (χ2n) is 3.13. The number of hydrogen-bond donors (Lipinski definition) is 1. The van der Waals surface area contributed by atoms with Crippen molar-refractivity contribution in [3.8, 4) is 5.69 Å². The summed E-state index contributed by atoms with van der Waals surface area (Å²) in [6, 6.07) is 7.89. The summed E-state index contributed by atoms with van der Waals surface area (Å²) in [6.45, 7) is 1.96. The van der Waals surface area contributed by atoms with E-state index in [1.807, 2.05) is 31.2 Å². The van der Waals surface area contributed by atoms with Gasteiger partial charge in [0.1, 0.15) is 0 Å². The molecule has 0 radical (unpaired) electrons. The van der Waals surface area contributed by atoms with Crippen LogP contribution in [0.3, 0.4) is 0 Å². The van der Waals surface area contributed by atoms with E-state index in [4.69, 9.17) is 5.11 Å². The lowest BCUT2D eigenvalue weighted by atomic mass is 10.2. The molecule has 1 aromatic carbocycles. The van der Waals surface area contributed by atoms with E-state index in [1.54, 1.807) is 10.9 Å². The van der Waals surface area contributed by atoms with E-state index in [0.717, 1.165) is 11.3 Å². The molecular formula is C10H11N3O. The number of hydrogen-bond acceptors (Lipinski definition) is 3. The van der Waals surface area contributed by atoms with Crippen molar-refractivity contribution >= 4 is 0 Å². The molecule has 1 aromatic heterocycles. The summed E-state index contributed by atoms with van der Waals surface area (Å²) in [4.78, 5) is 0. The molecule has 0 atom stereocenters. The Morgan fingerprint density at radius 1 is 1.43 bits per heavy atom. The number of aryl methyl sites for hydroxylation is 1. The van der Waals surface area contributed by atoms with Crippen LogP contribution < -0.4 is 0 Å². The number of nitrogens with zero attached hydrogens (tertiary/aromatic N) is 3. The highest BCUT2D eigenvalue weighted by atomic mass is 16.3. The van der Waals surface area contributed by atoms with Crippen molar-refractivity contribution in [1.82, 2.24) is 15.0 Å². The topological polar surface area (TPSA) is 50.9 Å². The third kappa shape index (κ3) is 1.52. The quantitative estimate of drug-likeness (QED) is 0.768. The number of benzene rings is 1. The molecule has 2 aromatic rings. The Morgan fingerprint density at radius 3 is 3.00 bits per heavy atom. The van der Waals surface area contributed by atoms with Gasteiger partial charge in [0.2, 0.25) is 0 Å². The van der Waals surface area contributed by atoms with Crippen molar-refractivity contribution in [1.29, 1.82) is 0 Å². The Kier molecular flexibility index (Phi) is 2.28. The highest BCUT2D eigenvalue weighted by Crippen LogP contribution is 2.10. The zero-order chi connectivity index (χ0) is 9.97. The number of aliphatic hydroxyl groups is 1. The molecule has 0 saturated heterocycles. The van der Waals surface area contributed by atoms with Gasteiger partial charge < -0.3 is 5.11 Å². The molecule has 0 aliphatic heterocycles. The summed E-state index contributed by atoms with van der Waals surface area (Å²) in [5, 5.41) is 16.7.